The number of nitrogens with one attached hydrogen (secondary N) is 1. The van der Waals surface area contributed by atoms with E-state index in [1.54, 1.807) is 6.92 Å². The standard InChI is InChI=1S/C10H14ClFN2O2/c1-4-5(2)6(3)14-9(15)7(12)8(11)13-10(14)16/h5-6H,4H2,1-3H3,(H,13,16). The van der Waals surface area contributed by atoms with Crippen LogP contribution in [-0.2, 0) is 0 Å². The summed E-state index contributed by atoms with van der Waals surface area (Å²) in [6.07, 6.45) is 0.789. The number of nitrogens with zero attached hydrogens (tertiary/aromatic N) is 1. The molecule has 0 spiro atoms. The van der Waals surface area contributed by atoms with E-state index in [4.69, 9.17) is 11.6 Å². The van der Waals surface area contributed by atoms with E-state index in [-0.39, 0.29) is 12.0 Å². The van der Waals surface area contributed by atoms with Crippen molar-refractivity contribution in [3.05, 3.63) is 31.8 Å². The molecule has 0 aliphatic rings. The highest BCUT2D eigenvalue weighted by atomic mass is 35.5. The van der Waals surface area contributed by atoms with Crippen LogP contribution in [0.15, 0.2) is 9.59 Å². The number of aromatic nitrogens is 2. The van der Waals surface area contributed by atoms with Crippen LogP contribution in [0.3, 0.4) is 0 Å². The molecule has 1 N–H and O–H groups in total. The molecule has 0 amide bonds. The Bertz CT molecular complexity index is 495. The van der Waals surface area contributed by atoms with Crippen molar-refractivity contribution in [3.63, 3.8) is 0 Å². The quantitative estimate of drug-likeness (QED) is 0.831. The molecule has 0 aromatic carbocycles. The Hall–Kier alpha value is -1.10. The third-order valence-electron chi connectivity index (χ3n) is 2.91. The number of hydrogen-bond acceptors (Lipinski definition) is 2. The molecular formula is C10H14ClFN2O2. The van der Waals surface area contributed by atoms with Crippen molar-refractivity contribution in [2.75, 3.05) is 0 Å². The van der Waals surface area contributed by atoms with E-state index in [0.29, 0.717) is 0 Å². The van der Waals surface area contributed by atoms with E-state index in [2.05, 4.69) is 4.98 Å². The molecule has 0 radical (unpaired) electrons. The summed E-state index contributed by atoms with van der Waals surface area (Å²) in [5.74, 6) is -1.02. The molecule has 4 nitrogen and oxygen atoms in total. The van der Waals surface area contributed by atoms with Crippen LogP contribution in [0.2, 0.25) is 5.15 Å². The monoisotopic (exact) mass is 248 g/mol. The highest BCUT2D eigenvalue weighted by molar-refractivity contribution is 6.29. The van der Waals surface area contributed by atoms with E-state index in [1.807, 2.05) is 13.8 Å². The summed E-state index contributed by atoms with van der Waals surface area (Å²) in [5.41, 5.74) is -1.65. The third-order valence-corrected chi connectivity index (χ3v) is 3.17. The Morgan fingerprint density at radius 3 is 2.50 bits per heavy atom. The van der Waals surface area contributed by atoms with Crippen LogP contribution in [0.25, 0.3) is 0 Å². The van der Waals surface area contributed by atoms with Crippen LogP contribution >= 0.6 is 11.6 Å². The predicted molar refractivity (Wildman–Crippen MR) is 60.5 cm³/mol. The predicted octanol–water partition coefficient (Wildman–Crippen LogP) is 1.94. The maximum atomic E-state index is 13.3. The Labute approximate surface area is 97.1 Å². The lowest BCUT2D eigenvalue weighted by Gasteiger charge is -2.19. The largest absolute Gasteiger partial charge is 0.329 e. The summed E-state index contributed by atoms with van der Waals surface area (Å²) in [5, 5.41) is -0.539. The van der Waals surface area contributed by atoms with Crippen LogP contribution in [0, 0.1) is 11.7 Å². The van der Waals surface area contributed by atoms with Gasteiger partial charge >= 0.3 is 5.69 Å². The summed E-state index contributed by atoms with van der Waals surface area (Å²) in [7, 11) is 0. The maximum Gasteiger partial charge on any atom is 0.329 e. The number of rotatable bonds is 3. The molecule has 2 atom stereocenters. The van der Waals surface area contributed by atoms with Gasteiger partial charge in [0.1, 0.15) is 0 Å². The molecule has 0 saturated heterocycles. The van der Waals surface area contributed by atoms with Gasteiger partial charge in [-0.15, -0.1) is 0 Å². The fourth-order valence-electron chi connectivity index (χ4n) is 1.47. The van der Waals surface area contributed by atoms with Crippen molar-refractivity contribution in [1.82, 2.24) is 9.55 Å². The lowest BCUT2D eigenvalue weighted by Crippen LogP contribution is -2.40. The molecular weight excluding hydrogens is 235 g/mol. The van der Waals surface area contributed by atoms with Crippen molar-refractivity contribution in [1.29, 1.82) is 0 Å². The maximum absolute atomic E-state index is 13.3. The molecule has 16 heavy (non-hydrogen) atoms. The van der Waals surface area contributed by atoms with E-state index in [1.165, 1.54) is 0 Å². The van der Waals surface area contributed by atoms with Gasteiger partial charge in [0.2, 0.25) is 5.82 Å². The van der Waals surface area contributed by atoms with Gasteiger partial charge in [-0.3, -0.25) is 14.3 Å². The fourth-order valence-corrected chi connectivity index (χ4v) is 1.63. The first-order valence-electron chi connectivity index (χ1n) is 5.10. The second kappa shape index (κ2) is 4.82. The molecule has 0 aliphatic heterocycles. The van der Waals surface area contributed by atoms with E-state index < -0.39 is 22.2 Å². The summed E-state index contributed by atoms with van der Waals surface area (Å²) >= 11 is 5.37. The van der Waals surface area contributed by atoms with E-state index in [0.717, 1.165) is 11.0 Å². The van der Waals surface area contributed by atoms with Crippen molar-refractivity contribution in [2.45, 2.75) is 33.2 Å². The molecule has 0 saturated carbocycles. The summed E-state index contributed by atoms with van der Waals surface area (Å²) in [6.45, 7) is 5.54. The van der Waals surface area contributed by atoms with Crippen molar-refractivity contribution in [3.8, 4) is 0 Å². The smallest absolute Gasteiger partial charge is 0.295 e. The molecule has 2 unspecified atom stereocenters. The SMILES string of the molecule is CCC(C)C(C)n1c(=O)[nH]c(Cl)c(F)c1=O. The minimum Gasteiger partial charge on any atom is -0.295 e. The van der Waals surface area contributed by atoms with E-state index in [9.17, 15) is 14.0 Å². The molecule has 1 heterocycles. The van der Waals surface area contributed by atoms with Gasteiger partial charge in [0.05, 0.1) is 0 Å². The van der Waals surface area contributed by atoms with Crippen LogP contribution in [-0.4, -0.2) is 9.55 Å². The Kier molecular flexibility index (Phi) is 3.91. The number of halogens is 2. The summed E-state index contributed by atoms with van der Waals surface area (Å²) in [4.78, 5) is 25.2. The van der Waals surface area contributed by atoms with E-state index >= 15 is 0 Å². The normalized spacial score (nSPS) is 14.8. The Balaban J connectivity index is 3.41. The van der Waals surface area contributed by atoms with Gasteiger partial charge in [-0.25, -0.2) is 4.79 Å². The van der Waals surface area contributed by atoms with Crippen molar-refractivity contribution in [2.24, 2.45) is 5.92 Å². The van der Waals surface area contributed by atoms with Crippen molar-refractivity contribution < 1.29 is 4.39 Å². The number of hydrogen-bond donors (Lipinski definition) is 1. The molecule has 1 aromatic heterocycles. The Morgan fingerprint density at radius 1 is 1.44 bits per heavy atom. The van der Waals surface area contributed by atoms with Gasteiger partial charge in [0.25, 0.3) is 5.56 Å². The van der Waals surface area contributed by atoms with Gasteiger partial charge in [-0.2, -0.15) is 4.39 Å². The lowest BCUT2D eigenvalue weighted by atomic mass is 10.0. The fraction of sp³-hybridized carbons (Fsp3) is 0.600. The third kappa shape index (κ3) is 2.19. The second-order valence-corrected chi connectivity index (χ2v) is 4.24. The van der Waals surface area contributed by atoms with Gasteiger partial charge in [-0.1, -0.05) is 31.9 Å². The highest BCUT2D eigenvalue weighted by Gasteiger charge is 2.20. The molecule has 1 aromatic rings. The second-order valence-electron chi connectivity index (χ2n) is 3.86. The van der Waals surface area contributed by atoms with Crippen LogP contribution < -0.4 is 11.2 Å². The van der Waals surface area contributed by atoms with Gasteiger partial charge < -0.3 is 0 Å². The molecule has 0 bridgehead atoms. The van der Waals surface area contributed by atoms with Crippen LogP contribution in [0.5, 0.6) is 0 Å². The molecule has 0 aliphatic carbocycles. The average Bonchev–Trinajstić information content (AvgIpc) is 2.24. The van der Waals surface area contributed by atoms with Crippen molar-refractivity contribution >= 4 is 11.6 Å². The molecule has 1 rings (SSSR count). The summed E-state index contributed by atoms with van der Waals surface area (Å²) < 4.78 is 14.1. The molecule has 90 valence electrons. The number of H-pyrrole nitrogens is 1. The first-order chi connectivity index (χ1) is 7.40. The zero-order valence-corrected chi connectivity index (χ0v) is 10.1. The zero-order valence-electron chi connectivity index (χ0n) is 9.38. The molecule has 6 heteroatoms. The first kappa shape index (κ1) is 13.0. The van der Waals surface area contributed by atoms with Gasteiger partial charge in [0, 0.05) is 6.04 Å². The van der Waals surface area contributed by atoms with Crippen LogP contribution in [0.1, 0.15) is 33.2 Å². The average molecular weight is 249 g/mol. The number of aromatic amines is 1. The lowest BCUT2D eigenvalue weighted by molar-refractivity contribution is 0.343. The summed E-state index contributed by atoms with van der Waals surface area (Å²) in [6, 6.07) is -0.368. The van der Waals surface area contributed by atoms with Crippen LogP contribution in [0.4, 0.5) is 4.39 Å². The first-order valence-corrected chi connectivity index (χ1v) is 5.47. The highest BCUT2D eigenvalue weighted by Crippen LogP contribution is 2.17. The molecule has 0 fully saturated rings. The van der Waals surface area contributed by atoms with Gasteiger partial charge in [0.15, 0.2) is 5.15 Å². The zero-order chi connectivity index (χ0) is 12.5. The minimum atomic E-state index is -1.11. The minimum absolute atomic E-state index is 0.0966. The topological polar surface area (TPSA) is 54.9 Å². The Morgan fingerprint density at radius 2 is 2.00 bits per heavy atom. The van der Waals surface area contributed by atoms with Gasteiger partial charge in [-0.05, 0) is 12.8 Å².